The average Bonchev–Trinajstić information content (AvgIpc) is 3.40. The summed E-state index contributed by atoms with van der Waals surface area (Å²) in [5, 5.41) is 3.87. The maximum absolute atomic E-state index is 12.7. The van der Waals surface area contributed by atoms with Crippen molar-refractivity contribution in [3.8, 4) is 22.9 Å². The van der Waals surface area contributed by atoms with Crippen LogP contribution in [0.1, 0.15) is 23.8 Å². The summed E-state index contributed by atoms with van der Waals surface area (Å²) >= 11 is 0. The minimum absolute atomic E-state index is 0.101. The standard InChI is InChI=1S/C21H16F3N3O4/c22-21(23,24)14-3-1-12(2-4-14)19-25-20(31-26-19)13-9-18(28)27(11-13)15-5-6-16-17(10-15)30-8-7-29-16/h1-6,10,13H,7-9,11H2. The van der Waals surface area contributed by atoms with E-state index in [0.29, 0.717) is 42.5 Å². The molecule has 1 fully saturated rings. The first kappa shape index (κ1) is 19.4. The van der Waals surface area contributed by atoms with E-state index < -0.39 is 11.7 Å². The molecule has 10 heteroatoms. The zero-order valence-corrected chi connectivity index (χ0v) is 16.1. The van der Waals surface area contributed by atoms with Gasteiger partial charge in [0.25, 0.3) is 0 Å². The van der Waals surface area contributed by atoms with Crippen LogP contribution in [0.15, 0.2) is 47.0 Å². The van der Waals surface area contributed by atoms with Crippen molar-refractivity contribution in [2.45, 2.75) is 18.5 Å². The van der Waals surface area contributed by atoms with E-state index in [1.54, 1.807) is 23.1 Å². The lowest BCUT2D eigenvalue weighted by atomic mass is 10.1. The molecule has 1 aromatic heterocycles. The predicted molar refractivity (Wildman–Crippen MR) is 102 cm³/mol. The molecular formula is C21H16F3N3O4. The number of aromatic nitrogens is 2. The third kappa shape index (κ3) is 3.69. The summed E-state index contributed by atoms with van der Waals surface area (Å²) in [4.78, 5) is 18.5. The van der Waals surface area contributed by atoms with E-state index in [-0.39, 0.29) is 30.0 Å². The first-order chi connectivity index (χ1) is 14.9. The molecule has 1 atom stereocenters. The Labute approximate surface area is 174 Å². The fourth-order valence-electron chi connectivity index (χ4n) is 3.65. The van der Waals surface area contributed by atoms with Gasteiger partial charge in [0, 0.05) is 30.3 Å². The summed E-state index contributed by atoms with van der Waals surface area (Å²) in [5.41, 5.74) is 0.326. The van der Waals surface area contributed by atoms with Crippen LogP contribution < -0.4 is 14.4 Å². The number of alkyl halides is 3. The fraction of sp³-hybridized carbons (Fsp3) is 0.286. The van der Waals surface area contributed by atoms with E-state index in [2.05, 4.69) is 10.1 Å². The monoisotopic (exact) mass is 431 g/mol. The third-order valence-electron chi connectivity index (χ3n) is 5.22. The minimum atomic E-state index is -4.41. The Hall–Kier alpha value is -3.56. The van der Waals surface area contributed by atoms with Crippen LogP contribution in [0.4, 0.5) is 18.9 Å². The average molecular weight is 431 g/mol. The fourth-order valence-corrected chi connectivity index (χ4v) is 3.65. The van der Waals surface area contributed by atoms with Crippen molar-refractivity contribution >= 4 is 11.6 Å². The second-order valence-electron chi connectivity index (χ2n) is 7.26. The summed E-state index contributed by atoms with van der Waals surface area (Å²) in [6.07, 6.45) is -4.23. The number of halogens is 3. The second kappa shape index (κ2) is 7.29. The smallest absolute Gasteiger partial charge is 0.416 e. The topological polar surface area (TPSA) is 77.7 Å². The number of carbonyl (C=O) groups excluding carboxylic acids is 1. The summed E-state index contributed by atoms with van der Waals surface area (Å²) in [6, 6.07) is 9.82. The van der Waals surface area contributed by atoms with Gasteiger partial charge in [-0.1, -0.05) is 17.3 Å². The summed E-state index contributed by atoms with van der Waals surface area (Å²) < 4.78 is 54.6. The van der Waals surface area contributed by atoms with Gasteiger partial charge in [0.15, 0.2) is 11.5 Å². The van der Waals surface area contributed by atoms with E-state index in [9.17, 15) is 18.0 Å². The summed E-state index contributed by atoms with van der Waals surface area (Å²) in [7, 11) is 0. The number of amides is 1. The zero-order valence-electron chi connectivity index (χ0n) is 16.1. The highest BCUT2D eigenvalue weighted by atomic mass is 19.4. The maximum Gasteiger partial charge on any atom is 0.416 e. The van der Waals surface area contributed by atoms with Gasteiger partial charge in [-0.3, -0.25) is 4.79 Å². The van der Waals surface area contributed by atoms with E-state index in [1.165, 1.54) is 12.1 Å². The van der Waals surface area contributed by atoms with Crippen molar-refractivity contribution in [1.82, 2.24) is 10.1 Å². The number of nitrogens with zero attached hydrogens (tertiary/aromatic N) is 3. The van der Waals surface area contributed by atoms with Gasteiger partial charge in [-0.05, 0) is 24.3 Å². The van der Waals surface area contributed by atoms with Crippen molar-refractivity contribution in [1.29, 1.82) is 0 Å². The number of fused-ring (bicyclic) bond motifs is 1. The van der Waals surface area contributed by atoms with E-state index in [0.717, 1.165) is 12.1 Å². The molecule has 2 aliphatic heterocycles. The molecule has 1 amide bonds. The van der Waals surface area contributed by atoms with Crippen LogP contribution in [-0.2, 0) is 11.0 Å². The molecule has 31 heavy (non-hydrogen) atoms. The molecule has 2 aromatic carbocycles. The predicted octanol–water partition coefficient (Wildman–Crippen LogP) is 4.05. The highest BCUT2D eigenvalue weighted by molar-refractivity contribution is 5.96. The van der Waals surface area contributed by atoms with E-state index in [1.807, 2.05) is 0 Å². The van der Waals surface area contributed by atoms with Gasteiger partial charge in [0.05, 0.1) is 11.5 Å². The van der Waals surface area contributed by atoms with Gasteiger partial charge in [0.2, 0.25) is 17.6 Å². The van der Waals surface area contributed by atoms with Crippen LogP contribution in [0.5, 0.6) is 11.5 Å². The van der Waals surface area contributed by atoms with Gasteiger partial charge in [0.1, 0.15) is 13.2 Å². The first-order valence-electron chi connectivity index (χ1n) is 9.60. The van der Waals surface area contributed by atoms with Crippen LogP contribution >= 0.6 is 0 Å². The molecule has 7 nitrogen and oxygen atoms in total. The molecule has 0 N–H and O–H groups in total. The molecule has 1 saturated heterocycles. The van der Waals surface area contributed by atoms with Crippen molar-refractivity contribution in [2.75, 3.05) is 24.7 Å². The lowest BCUT2D eigenvalue weighted by Gasteiger charge is -2.22. The highest BCUT2D eigenvalue weighted by Crippen LogP contribution is 2.38. The Morgan fingerprint density at radius 1 is 1.00 bits per heavy atom. The Kier molecular flexibility index (Phi) is 4.57. The maximum atomic E-state index is 12.7. The molecule has 5 rings (SSSR count). The largest absolute Gasteiger partial charge is 0.486 e. The van der Waals surface area contributed by atoms with Gasteiger partial charge < -0.3 is 18.9 Å². The van der Waals surface area contributed by atoms with Crippen molar-refractivity contribution in [2.24, 2.45) is 0 Å². The molecule has 0 saturated carbocycles. The van der Waals surface area contributed by atoms with E-state index in [4.69, 9.17) is 14.0 Å². The molecule has 0 spiro atoms. The third-order valence-corrected chi connectivity index (χ3v) is 5.22. The van der Waals surface area contributed by atoms with Crippen LogP contribution in [-0.4, -0.2) is 35.8 Å². The minimum Gasteiger partial charge on any atom is -0.486 e. The van der Waals surface area contributed by atoms with Gasteiger partial charge in [-0.25, -0.2) is 0 Å². The lowest BCUT2D eigenvalue weighted by Crippen LogP contribution is -2.24. The first-order valence-corrected chi connectivity index (χ1v) is 9.60. The normalized spacial score (nSPS) is 18.5. The number of ether oxygens (including phenoxy) is 2. The molecular weight excluding hydrogens is 415 g/mol. The van der Waals surface area contributed by atoms with Crippen LogP contribution in [0.3, 0.4) is 0 Å². The van der Waals surface area contributed by atoms with Crippen molar-refractivity contribution in [3.05, 3.63) is 53.9 Å². The number of hydrogen-bond acceptors (Lipinski definition) is 6. The Morgan fingerprint density at radius 3 is 2.48 bits per heavy atom. The number of hydrogen-bond donors (Lipinski definition) is 0. The Bertz CT molecular complexity index is 1130. The Balaban J connectivity index is 1.33. The Morgan fingerprint density at radius 2 is 1.74 bits per heavy atom. The van der Waals surface area contributed by atoms with Crippen molar-refractivity contribution < 1.29 is 32.0 Å². The molecule has 0 bridgehead atoms. The molecule has 160 valence electrons. The van der Waals surface area contributed by atoms with Gasteiger partial charge in [-0.15, -0.1) is 0 Å². The number of rotatable bonds is 3. The van der Waals surface area contributed by atoms with E-state index >= 15 is 0 Å². The van der Waals surface area contributed by atoms with Gasteiger partial charge >= 0.3 is 6.18 Å². The second-order valence-corrected chi connectivity index (χ2v) is 7.26. The van der Waals surface area contributed by atoms with Crippen LogP contribution in [0, 0.1) is 0 Å². The molecule has 0 aliphatic carbocycles. The zero-order chi connectivity index (χ0) is 21.6. The molecule has 1 unspecified atom stereocenters. The molecule has 0 radical (unpaired) electrons. The van der Waals surface area contributed by atoms with Crippen molar-refractivity contribution in [3.63, 3.8) is 0 Å². The summed E-state index contributed by atoms with van der Waals surface area (Å²) in [6.45, 7) is 1.27. The number of carbonyl (C=O) groups is 1. The molecule has 2 aliphatic rings. The van der Waals surface area contributed by atoms with Crippen LogP contribution in [0.2, 0.25) is 0 Å². The number of anilines is 1. The van der Waals surface area contributed by atoms with Gasteiger partial charge in [-0.2, -0.15) is 18.2 Å². The molecule has 3 heterocycles. The molecule has 3 aromatic rings. The SMILES string of the molecule is O=C1CC(c2nc(-c3ccc(C(F)(F)F)cc3)no2)CN1c1ccc2c(c1)OCCO2. The van der Waals surface area contributed by atoms with Crippen LogP contribution in [0.25, 0.3) is 11.4 Å². The summed E-state index contributed by atoms with van der Waals surface area (Å²) in [5.74, 6) is 1.24. The highest BCUT2D eigenvalue weighted by Gasteiger charge is 2.36. The lowest BCUT2D eigenvalue weighted by molar-refractivity contribution is -0.137. The number of benzene rings is 2. The quantitative estimate of drug-likeness (QED) is 0.623.